The molecule has 67 heavy (non-hydrogen) atoms. The first-order valence-electron chi connectivity index (χ1n) is 24.2. The monoisotopic (exact) mass is 865 g/mol. The molecule has 0 N–H and O–H groups in total. The average molecular weight is 866 g/mol. The van der Waals surface area contributed by atoms with E-state index >= 15 is 0 Å². The minimum Gasteiger partial charge on any atom is -0.375 e. The van der Waals surface area contributed by atoms with Crippen LogP contribution in [0.1, 0.15) is 84.6 Å². The van der Waals surface area contributed by atoms with Crippen molar-refractivity contribution in [1.29, 1.82) is 0 Å². The van der Waals surface area contributed by atoms with Gasteiger partial charge < -0.3 is 13.6 Å². The topological polar surface area (TPSA) is 14.8 Å². The van der Waals surface area contributed by atoms with Crippen molar-refractivity contribution < 1.29 is 0 Å². The van der Waals surface area contributed by atoms with E-state index in [1.807, 2.05) is 0 Å². The lowest BCUT2D eigenvalue weighted by atomic mass is 9.45. The van der Waals surface area contributed by atoms with Crippen LogP contribution in [0.25, 0.3) is 99.4 Å². The summed E-state index contributed by atoms with van der Waals surface area (Å²) < 4.78 is 8.03. The summed E-state index contributed by atoms with van der Waals surface area (Å²) in [4.78, 5) is 0. The third kappa shape index (κ3) is 5.53. The summed E-state index contributed by atoms with van der Waals surface area (Å²) in [5, 5.41) is 6.49. The molecule has 326 valence electrons. The fourth-order valence-electron chi connectivity index (χ4n) is 12.0. The molecule has 0 amide bonds. The number of aryl methyl sites for hydroxylation is 1. The summed E-state index contributed by atoms with van der Waals surface area (Å²) in [6.45, 7) is 23.5. The van der Waals surface area contributed by atoms with Gasteiger partial charge in [-0.1, -0.05) is 178 Å². The fourth-order valence-corrected chi connectivity index (χ4v) is 12.0. The molecule has 0 atom stereocenters. The van der Waals surface area contributed by atoms with Crippen LogP contribution in [0, 0.1) is 6.92 Å². The molecular weight excluding hydrogens is 810 g/mol. The second-order valence-corrected chi connectivity index (χ2v) is 22.6. The lowest BCUT2D eigenvalue weighted by molar-refractivity contribution is 0.590. The number of para-hydroxylation sites is 2. The molecule has 0 saturated carbocycles. The fraction of sp³-hybridized carbons (Fsp3) is 0.206. The molecule has 4 heteroatoms. The van der Waals surface area contributed by atoms with E-state index in [-0.39, 0.29) is 23.1 Å². The van der Waals surface area contributed by atoms with Crippen molar-refractivity contribution >= 4 is 72.3 Å². The molecule has 5 heterocycles. The summed E-state index contributed by atoms with van der Waals surface area (Å²) >= 11 is 0. The van der Waals surface area contributed by atoms with Gasteiger partial charge in [0.15, 0.2) is 0 Å². The Kier molecular flexibility index (Phi) is 8.14. The van der Waals surface area contributed by atoms with Crippen LogP contribution < -0.4 is 10.9 Å². The van der Waals surface area contributed by atoms with Gasteiger partial charge in [0.05, 0.1) is 27.8 Å². The maximum absolute atomic E-state index is 2.81. The minimum atomic E-state index is -0.112. The molecule has 8 aromatic carbocycles. The molecule has 0 spiro atoms. The van der Waals surface area contributed by atoms with E-state index < -0.39 is 0 Å². The van der Waals surface area contributed by atoms with E-state index in [4.69, 9.17) is 0 Å². The summed E-state index contributed by atoms with van der Waals surface area (Å²) in [5.41, 5.74) is 24.4. The quantitative estimate of drug-likeness (QED) is 0.157. The van der Waals surface area contributed by atoms with E-state index in [0.717, 1.165) is 0 Å². The number of hydrogen-bond donors (Lipinski definition) is 0. The average Bonchev–Trinajstić information content (AvgIpc) is 3.95. The molecule has 0 aliphatic carbocycles. The Labute approximate surface area is 394 Å². The number of rotatable bonds is 3. The maximum Gasteiger partial charge on any atom is 0.333 e. The largest absolute Gasteiger partial charge is 0.375 e. The first kappa shape index (κ1) is 40.3. The first-order chi connectivity index (χ1) is 32.1. The van der Waals surface area contributed by atoms with Crippen LogP contribution >= 0.6 is 0 Å². The van der Waals surface area contributed by atoms with Crippen LogP contribution in [0.15, 0.2) is 158 Å². The van der Waals surface area contributed by atoms with Crippen molar-refractivity contribution in [3.05, 3.63) is 180 Å². The second kappa shape index (κ2) is 13.5. The number of nitrogens with zero attached hydrogens (tertiary/aromatic N) is 3. The molecule has 11 aromatic rings. The molecule has 0 fully saturated rings. The Morgan fingerprint density at radius 3 is 1.69 bits per heavy atom. The van der Waals surface area contributed by atoms with E-state index in [2.05, 4.69) is 241 Å². The van der Waals surface area contributed by atoms with Crippen molar-refractivity contribution in [3.8, 4) is 44.9 Å². The summed E-state index contributed by atoms with van der Waals surface area (Å²) in [7, 11) is 0. The zero-order chi connectivity index (χ0) is 46.1. The van der Waals surface area contributed by atoms with E-state index in [0.29, 0.717) is 0 Å². The number of hydrogen-bond acceptors (Lipinski definition) is 0. The molecule has 3 nitrogen and oxygen atoms in total. The standard InChI is InChI=1S/C63H56BN3/c1-37-20-14-15-23-42(37)55-56-53(65-50-26-18-16-24-43(50)44-25-17-19-27-51(44)65)31-29-45-47-33-41(63(8,9)10)36-54-57(47)64(67(60(45)56)58(55)38-21-12-11-13-22-38)49-35-40(62(5,6)7)34-48-46-32-39(61(2,3)4)28-30-52(46)66(54)59(48)49/h11-36H,1-10H3. The van der Waals surface area contributed by atoms with Crippen molar-refractivity contribution in [1.82, 2.24) is 13.6 Å². The predicted molar refractivity (Wildman–Crippen MR) is 288 cm³/mol. The Hall–Kier alpha value is -7.04. The highest BCUT2D eigenvalue weighted by molar-refractivity contribution is 6.90. The maximum atomic E-state index is 2.81. The number of fused-ring (bicyclic) bond motifs is 10. The van der Waals surface area contributed by atoms with Crippen molar-refractivity contribution in [3.63, 3.8) is 0 Å². The van der Waals surface area contributed by atoms with Gasteiger partial charge in [-0.05, 0) is 116 Å². The normalized spacial score (nSPS) is 13.5. The van der Waals surface area contributed by atoms with Gasteiger partial charge in [-0.2, -0.15) is 0 Å². The van der Waals surface area contributed by atoms with Gasteiger partial charge in [-0.25, -0.2) is 0 Å². The number of aromatic nitrogens is 3. The highest BCUT2D eigenvalue weighted by atomic mass is 15.0. The van der Waals surface area contributed by atoms with Gasteiger partial charge >= 0.3 is 6.85 Å². The van der Waals surface area contributed by atoms with Crippen LogP contribution in [-0.4, -0.2) is 20.5 Å². The Bertz CT molecular complexity index is 3870. The summed E-state index contributed by atoms with van der Waals surface area (Å²) in [6, 6.07) is 60.7. The van der Waals surface area contributed by atoms with Gasteiger partial charge in [0.1, 0.15) is 0 Å². The third-order valence-corrected chi connectivity index (χ3v) is 15.4. The highest BCUT2D eigenvalue weighted by Gasteiger charge is 2.45. The van der Waals surface area contributed by atoms with Crippen molar-refractivity contribution in [2.75, 3.05) is 0 Å². The van der Waals surface area contributed by atoms with Crippen LogP contribution in [0.4, 0.5) is 0 Å². The molecule has 0 radical (unpaired) electrons. The summed E-state index contributed by atoms with van der Waals surface area (Å²) in [6.07, 6.45) is 0. The Morgan fingerprint density at radius 1 is 0.418 bits per heavy atom. The molecule has 0 saturated heterocycles. The summed E-state index contributed by atoms with van der Waals surface area (Å²) in [5.74, 6) is 0. The van der Waals surface area contributed by atoms with Gasteiger partial charge in [0, 0.05) is 55.0 Å². The van der Waals surface area contributed by atoms with E-state index in [1.165, 1.54) is 133 Å². The zero-order valence-electron chi connectivity index (χ0n) is 40.4. The van der Waals surface area contributed by atoms with Gasteiger partial charge in [-0.15, -0.1) is 0 Å². The molecule has 3 aromatic heterocycles. The second-order valence-electron chi connectivity index (χ2n) is 22.6. The van der Waals surface area contributed by atoms with Crippen LogP contribution in [0.3, 0.4) is 0 Å². The van der Waals surface area contributed by atoms with Gasteiger partial charge in [0.25, 0.3) is 0 Å². The van der Waals surface area contributed by atoms with E-state index in [9.17, 15) is 0 Å². The Morgan fingerprint density at radius 2 is 1.01 bits per heavy atom. The molecular formula is C63H56BN3. The van der Waals surface area contributed by atoms with Crippen molar-refractivity contribution in [2.45, 2.75) is 85.5 Å². The minimum absolute atomic E-state index is 0.00617. The predicted octanol–water partition coefficient (Wildman–Crippen LogP) is 15.3. The number of benzene rings is 8. The SMILES string of the molecule is Cc1ccccc1-c1c(-c2ccccc2)n2c3c(ccc(-n4c5ccccc5c5ccccc54)c13)-c1cc(C(C)(C)C)cc3c1B2c1cc(C(C)(C)C)cc2c4cc(C(C)(C)C)ccc4n-3c12. The smallest absolute Gasteiger partial charge is 0.333 e. The molecule has 2 aliphatic rings. The van der Waals surface area contributed by atoms with Gasteiger partial charge in [-0.3, -0.25) is 0 Å². The molecule has 2 aliphatic heterocycles. The lowest BCUT2D eigenvalue weighted by Gasteiger charge is -2.37. The van der Waals surface area contributed by atoms with Crippen LogP contribution in [-0.2, 0) is 16.2 Å². The molecule has 13 rings (SSSR count). The zero-order valence-corrected chi connectivity index (χ0v) is 40.4. The first-order valence-corrected chi connectivity index (χ1v) is 24.2. The van der Waals surface area contributed by atoms with E-state index in [1.54, 1.807) is 0 Å². The van der Waals surface area contributed by atoms with Crippen LogP contribution in [0.5, 0.6) is 0 Å². The Balaban J connectivity index is 1.30. The highest BCUT2D eigenvalue weighted by Crippen LogP contribution is 2.52. The van der Waals surface area contributed by atoms with Crippen molar-refractivity contribution in [2.24, 2.45) is 0 Å². The lowest BCUT2D eigenvalue weighted by Crippen LogP contribution is -2.56. The van der Waals surface area contributed by atoms with Gasteiger partial charge in [0.2, 0.25) is 0 Å². The van der Waals surface area contributed by atoms with Crippen LogP contribution in [0.2, 0.25) is 0 Å². The third-order valence-electron chi connectivity index (χ3n) is 15.4. The molecule has 0 unspecified atom stereocenters. The molecule has 0 bridgehead atoms.